The molecule has 0 unspecified atom stereocenters. The molecule has 0 aliphatic rings. The molecule has 1 N–H and O–H groups in total. The van der Waals surface area contributed by atoms with Crippen molar-refractivity contribution < 1.29 is 4.79 Å². The molecule has 0 aliphatic heterocycles. The predicted molar refractivity (Wildman–Crippen MR) is 54.8 cm³/mol. The summed E-state index contributed by atoms with van der Waals surface area (Å²) in [5, 5.41) is 0.479. The highest BCUT2D eigenvalue weighted by Crippen LogP contribution is 2.15. The van der Waals surface area contributed by atoms with Crippen LogP contribution in [0.3, 0.4) is 0 Å². The maximum Gasteiger partial charge on any atom is 0.255 e. The Morgan fingerprint density at radius 3 is 2.50 bits per heavy atom. The van der Waals surface area contributed by atoms with Crippen molar-refractivity contribution in [3.8, 4) is 0 Å². The first-order chi connectivity index (χ1) is 6.70. The van der Waals surface area contributed by atoms with Crippen molar-refractivity contribution in [3.05, 3.63) is 46.4 Å². The summed E-state index contributed by atoms with van der Waals surface area (Å²) in [6, 6.07) is 6.84. The van der Waals surface area contributed by atoms with Gasteiger partial charge in [-0.05, 0) is 17.7 Å². The van der Waals surface area contributed by atoms with E-state index in [1.54, 1.807) is 24.3 Å². The van der Waals surface area contributed by atoms with Gasteiger partial charge in [-0.25, -0.2) is 0 Å². The van der Waals surface area contributed by atoms with Crippen LogP contribution in [0.15, 0.2) is 35.3 Å². The van der Waals surface area contributed by atoms with Crippen molar-refractivity contribution in [2.75, 3.05) is 0 Å². The molecule has 2 aromatic rings. The number of hydrogen-bond donors (Lipinski definition) is 1. The Bertz CT molecular complexity index is 559. The maximum absolute atomic E-state index is 11.3. The molecular formula is C10H6ClNO2. The minimum atomic E-state index is -0.572. The molecule has 0 bridgehead atoms. The third-order valence-electron chi connectivity index (χ3n) is 2.02. The third-order valence-corrected chi connectivity index (χ3v) is 2.22. The zero-order chi connectivity index (χ0) is 10.1. The normalized spacial score (nSPS) is 10.4. The molecule has 0 aliphatic carbocycles. The van der Waals surface area contributed by atoms with E-state index in [2.05, 4.69) is 4.98 Å². The lowest BCUT2D eigenvalue weighted by atomic mass is 10.1. The lowest BCUT2D eigenvalue weighted by Gasteiger charge is -1.99. The van der Waals surface area contributed by atoms with E-state index >= 15 is 0 Å². The molecule has 70 valence electrons. The summed E-state index contributed by atoms with van der Waals surface area (Å²) in [4.78, 5) is 24.8. The van der Waals surface area contributed by atoms with Crippen LogP contribution in [0, 0.1) is 0 Å². The topological polar surface area (TPSA) is 49.9 Å². The molecule has 3 nitrogen and oxygen atoms in total. The quantitative estimate of drug-likeness (QED) is 0.727. The average Bonchev–Trinajstić information content (AvgIpc) is 2.18. The van der Waals surface area contributed by atoms with E-state index in [9.17, 15) is 9.59 Å². The van der Waals surface area contributed by atoms with Crippen molar-refractivity contribution in [1.29, 1.82) is 0 Å². The summed E-state index contributed by atoms with van der Waals surface area (Å²) in [5.41, 5.74) is 0.101. The predicted octanol–water partition coefficient (Wildman–Crippen LogP) is 1.91. The fourth-order valence-electron chi connectivity index (χ4n) is 1.37. The van der Waals surface area contributed by atoms with Gasteiger partial charge in [0.2, 0.25) is 0 Å². The monoisotopic (exact) mass is 207 g/mol. The van der Waals surface area contributed by atoms with E-state index in [-0.39, 0.29) is 5.56 Å². The first kappa shape index (κ1) is 8.97. The van der Waals surface area contributed by atoms with Crippen molar-refractivity contribution in [2.45, 2.75) is 0 Å². The second-order valence-electron chi connectivity index (χ2n) is 2.85. The van der Waals surface area contributed by atoms with Crippen LogP contribution in [0.4, 0.5) is 0 Å². The van der Waals surface area contributed by atoms with Gasteiger partial charge in [0.15, 0.2) is 0 Å². The van der Waals surface area contributed by atoms with Crippen LogP contribution < -0.4 is 5.56 Å². The summed E-state index contributed by atoms with van der Waals surface area (Å²) >= 11 is 5.37. The van der Waals surface area contributed by atoms with Crippen LogP contribution in [-0.2, 0) is 0 Å². The van der Waals surface area contributed by atoms with E-state index < -0.39 is 5.24 Å². The number of H-pyrrole nitrogens is 1. The van der Waals surface area contributed by atoms with E-state index in [0.29, 0.717) is 16.3 Å². The SMILES string of the molecule is O=C(Cl)c1c[nH]c(=O)c2ccccc12. The molecule has 1 aromatic heterocycles. The molecule has 0 amide bonds. The Hall–Kier alpha value is -1.61. The highest BCUT2D eigenvalue weighted by Gasteiger charge is 2.08. The van der Waals surface area contributed by atoms with Gasteiger partial charge in [-0.15, -0.1) is 0 Å². The first-order valence-electron chi connectivity index (χ1n) is 4.00. The smallest absolute Gasteiger partial charge is 0.255 e. The van der Waals surface area contributed by atoms with Crippen LogP contribution in [0.5, 0.6) is 0 Å². The zero-order valence-corrected chi connectivity index (χ0v) is 7.84. The number of rotatable bonds is 1. The summed E-state index contributed by atoms with van der Waals surface area (Å²) in [7, 11) is 0. The number of benzene rings is 1. The molecule has 0 saturated heterocycles. The molecule has 0 fully saturated rings. The van der Waals surface area contributed by atoms with Gasteiger partial charge < -0.3 is 4.98 Å². The highest BCUT2D eigenvalue weighted by molar-refractivity contribution is 6.68. The van der Waals surface area contributed by atoms with E-state index in [1.165, 1.54) is 6.20 Å². The van der Waals surface area contributed by atoms with E-state index in [0.717, 1.165) is 0 Å². The number of fused-ring (bicyclic) bond motifs is 1. The number of pyridine rings is 1. The van der Waals surface area contributed by atoms with Crippen LogP contribution in [0.25, 0.3) is 10.8 Å². The molecule has 1 aromatic carbocycles. The Morgan fingerprint density at radius 1 is 1.21 bits per heavy atom. The van der Waals surface area contributed by atoms with Gasteiger partial charge in [-0.1, -0.05) is 18.2 Å². The summed E-state index contributed by atoms with van der Waals surface area (Å²) in [5.74, 6) is 0. The lowest BCUT2D eigenvalue weighted by molar-refractivity contribution is 0.108. The van der Waals surface area contributed by atoms with Crippen molar-refractivity contribution in [3.63, 3.8) is 0 Å². The Morgan fingerprint density at radius 2 is 1.86 bits per heavy atom. The van der Waals surface area contributed by atoms with Gasteiger partial charge >= 0.3 is 0 Å². The maximum atomic E-state index is 11.3. The average molecular weight is 208 g/mol. The number of nitrogens with one attached hydrogen (secondary N) is 1. The fourth-order valence-corrected chi connectivity index (χ4v) is 1.53. The number of carbonyl (C=O) groups is 1. The van der Waals surface area contributed by atoms with Gasteiger partial charge in [-0.2, -0.15) is 0 Å². The minimum absolute atomic E-state index is 0.220. The first-order valence-corrected chi connectivity index (χ1v) is 4.38. The molecule has 0 atom stereocenters. The van der Waals surface area contributed by atoms with Crippen molar-refractivity contribution in [2.24, 2.45) is 0 Å². The number of halogens is 1. The van der Waals surface area contributed by atoms with Crippen molar-refractivity contribution >= 4 is 27.6 Å². The van der Waals surface area contributed by atoms with Crippen LogP contribution in [0.1, 0.15) is 10.4 Å². The van der Waals surface area contributed by atoms with Gasteiger partial charge in [0, 0.05) is 17.0 Å². The molecule has 4 heteroatoms. The molecule has 1 heterocycles. The number of aromatic nitrogens is 1. The number of aromatic amines is 1. The van der Waals surface area contributed by atoms with Crippen LogP contribution in [0.2, 0.25) is 0 Å². The summed E-state index contributed by atoms with van der Waals surface area (Å²) in [6.07, 6.45) is 1.33. The van der Waals surface area contributed by atoms with Gasteiger partial charge in [0.1, 0.15) is 0 Å². The second kappa shape index (κ2) is 3.27. The van der Waals surface area contributed by atoms with Crippen LogP contribution >= 0.6 is 11.6 Å². The lowest BCUT2D eigenvalue weighted by Crippen LogP contribution is -2.08. The Balaban J connectivity index is 2.96. The third kappa shape index (κ3) is 1.32. The second-order valence-corrected chi connectivity index (χ2v) is 3.19. The molecule has 0 spiro atoms. The summed E-state index contributed by atoms with van der Waals surface area (Å²) in [6.45, 7) is 0. The number of carbonyl (C=O) groups excluding carboxylic acids is 1. The standard InChI is InChI=1S/C10H6ClNO2/c11-9(13)8-5-12-10(14)7-4-2-1-3-6(7)8/h1-5H,(H,12,14). The van der Waals surface area contributed by atoms with Gasteiger partial charge in [0.05, 0.1) is 5.56 Å². The molecular weight excluding hydrogens is 202 g/mol. The molecule has 14 heavy (non-hydrogen) atoms. The fraction of sp³-hybridized carbons (Fsp3) is 0. The van der Waals surface area contributed by atoms with Gasteiger partial charge in [0.25, 0.3) is 10.8 Å². The summed E-state index contributed by atoms with van der Waals surface area (Å²) < 4.78 is 0. The molecule has 2 rings (SSSR count). The number of hydrogen-bond acceptors (Lipinski definition) is 2. The highest BCUT2D eigenvalue weighted by atomic mass is 35.5. The van der Waals surface area contributed by atoms with E-state index in [1.807, 2.05) is 0 Å². The van der Waals surface area contributed by atoms with Gasteiger partial charge in [-0.3, -0.25) is 9.59 Å². The Kier molecular flexibility index (Phi) is 2.09. The largest absolute Gasteiger partial charge is 0.328 e. The van der Waals surface area contributed by atoms with Crippen molar-refractivity contribution in [1.82, 2.24) is 4.98 Å². The Labute approximate surface area is 84.3 Å². The van der Waals surface area contributed by atoms with E-state index in [4.69, 9.17) is 11.6 Å². The minimum Gasteiger partial charge on any atom is -0.328 e. The molecule has 0 saturated carbocycles. The van der Waals surface area contributed by atoms with Crippen LogP contribution in [-0.4, -0.2) is 10.2 Å². The molecule has 0 radical (unpaired) electrons. The zero-order valence-electron chi connectivity index (χ0n) is 7.08.